The molecule has 0 radical (unpaired) electrons. The first-order valence-corrected chi connectivity index (χ1v) is 7.47. The van der Waals surface area contributed by atoms with Gasteiger partial charge in [0.05, 0.1) is 23.4 Å². The van der Waals surface area contributed by atoms with Gasteiger partial charge in [0.2, 0.25) is 5.91 Å². The van der Waals surface area contributed by atoms with Gasteiger partial charge >= 0.3 is 0 Å². The molecule has 0 bridgehead atoms. The van der Waals surface area contributed by atoms with Crippen LogP contribution in [0.25, 0.3) is 0 Å². The van der Waals surface area contributed by atoms with Gasteiger partial charge in [0.15, 0.2) is 0 Å². The number of rotatable bonds is 8. The number of carbonyl (C=O) groups is 1. The number of nitrogens with two attached hydrogens (primary N) is 2. The van der Waals surface area contributed by atoms with Crippen molar-refractivity contribution in [3.63, 3.8) is 0 Å². The van der Waals surface area contributed by atoms with Gasteiger partial charge in [-0.2, -0.15) is 0 Å². The highest BCUT2D eigenvalue weighted by molar-refractivity contribution is 8.03. The summed E-state index contributed by atoms with van der Waals surface area (Å²) in [6, 6.07) is 0. The van der Waals surface area contributed by atoms with Crippen LogP contribution in [0.4, 0.5) is 8.78 Å². The van der Waals surface area contributed by atoms with E-state index in [0.717, 1.165) is 17.8 Å². The van der Waals surface area contributed by atoms with Gasteiger partial charge in [-0.25, -0.2) is 8.78 Å². The standard InChI is InChI=1S/C15H22F2N2O2S/c1-9(14(19)20)5-13(22-8-18)11(7-16)12(17)6-10(2)15(3,4)21/h5-7,9,21H,2,8,18H2,1,3-4H3,(H2,19,20)/b11-7-,12-6+,13-5-. The summed E-state index contributed by atoms with van der Waals surface area (Å²) in [6.07, 6.45) is 2.35. The average molecular weight is 332 g/mol. The Bertz CT molecular complexity index is 520. The summed E-state index contributed by atoms with van der Waals surface area (Å²) in [5, 5.41) is 9.72. The van der Waals surface area contributed by atoms with Crippen molar-refractivity contribution in [2.75, 3.05) is 5.88 Å². The Hall–Kier alpha value is -1.44. The fourth-order valence-corrected chi connectivity index (χ4v) is 2.02. The first-order chi connectivity index (χ1) is 10.0. The highest BCUT2D eigenvalue weighted by Crippen LogP contribution is 2.32. The minimum absolute atomic E-state index is 0.0639. The Morgan fingerprint density at radius 2 is 2.05 bits per heavy atom. The van der Waals surface area contributed by atoms with Crippen molar-refractivity contribution in [3.05, 3.63) is 46.9 Å². The smallest absolute Gasteiger partial charge is 0.224 e. The minimum atomic E-state index is -1.34. The lowest BCUT2D eigenvalue weighted by molar-refractivity contribution is -0.120. The van der Waals surface area contributed by atoms with Gasteiger partial charge < -0.3 is 16.6 Å². The predicted molar refractivity (Wildman–Crippen MR) is 86.9 cm³/mol. The van der Waals surface area contributed by atoms with Crippen LogP contribution < -0.4 is 11.5 Å². The number of amides is 1. The molecule has 0 spiro atoms. The zero-order valence-electron chi connectivity index (χ0n) is 12.9. The van der Waals surface area contributed by atoms with Crippen molar-refractivity contribution < 1.29 is 18.7 Å². The van der Waals surface area contributed by atoms with E-state index in [1.807, 2.05) is 0 Å². The monoisotopic (exact) mass is 332 g/mol. The first-order valence-electron chi connectivity index (χ1n) is 6.48. The molecule has 0 rings (SSSR count). The van der Waals surface area contributed by atoms with Crippen molar-refractivity contribution in [2.45, 2.75) is 26.4 Å². The summed E-state index contributed by atoms with van der Waals surface area (Å²) in [5.41, 5.74) is 8.89. The van der Waals surface area contributed by atoms with E-state index in [1.165, 1.54) is 26.8 Å². The predicted octanol–water partition coefficient (Wildman–Crippen LogP) is 2.68. The molecule has 1 atom stereocenters. The van der Waals surface area contributed by atoms with Crippen LogP contribution in [-0.2, 0) is 4.79 Å². The van der Waals surface area contributed by atoms with Gasteiger partial charge in [0.1, 0.15) is 5.83 Å². The highest BCUT2D eigenvalue weighted by Gasteiger charge is 2.19. The quantitative estimate of drug-likeness (QED) is 0.471. The molecule has 0 saturated carbocycles. The van der Waals surface area contributed by atoms with Crippen molar-refractivity contribution in [2.24, 2.45) is 17.4 Å². The van der Waals surface area contributed by atoms with Crippen LogP contribution in [0.2, 0.25) is 0 Å². The molecule has 4 nitrogen and oxygen atoms in total. The molecule has 22 heavy (non-hydrogen) atoms. The van der Waals surface area contributed by atoms with E-state index < -0.39 is 23.3 Å². The lowest BCUT2D eigenvalue weighted by Gasteiger charge is -2.18. The van der Waals surface area contributed by atoms with Gasteiger partial charge in [0.25, 0.3) is 0 Å². The number of allylic oxidation sites excluding steroid dienone is 2. The van der Waals surface area contributed by atoms with Crippen LogP contribution in [0.5, 0.6) is 0 Å². The zero-order chi connectivity index (χ0) is 17.5. The Labute approximate surface area is 133 Å². The Morgan fingerprint density at radius 1 is 1.50 bits per heavy atom. The number of hydrogen-bond donors (Lipinski definition) is 3. The Morgan fingerprint density at radius 3 is 2.41 bits per heavy atom. The third-order valence-corrected chi connectivity index (χ3v) is 3.64. The summed E-state index contributed by atoms with van der Waals surface area (Å²) in [6.45, 7) is 7.90. The summed E-state index contributed by atoms with van der Waals surface area (Å²) in [5.74, 6) is -2.21. The van der Waals surface area contributed by atoms with Gasteiger partial charge in [-0.05, 0) is 25.5 Å². The van der Waals surface area contributed by atoms with Crippen molar-refractivity contribution >= 4 is 17.7 Å². The van der Waals surface area contributed by atoms with Gasteiger partial charge in [0, 0.05) is 10.8 Å². The lowest BCUT2D eigenvalue weighted by atomic mass is 9.98. The minimum Gasteiger partial charge on any atom is -0.386 e. The summed E-state index contributed by atoms with van der Waals surface area (Å²) in [4.78, 5) is 11.2. The van der Waals surface area contributed by atoms with E-state index in [1.54, 1.807) is 0 Å². The molecule has 5 N–H and O–H groups in total. The van der Waals surface area contributed by atoms with E-state index in [2.05, 4.69) is 6.58 Å². The van der Waals surface area contributed by atoms with E-state index in [0.29, 0.717) is 0 Å². The summed E-state index contributed by atoms with van der Waals surface area (Å²) >= 11 is 0.968. The maximum absolute atomic E-state index is 14.2. The van der Waals surface area contributed by atoms with Crippen LogP contribution in [0, 0.1) is 5.92 Å². The SMILES string of the molecule is C=C(\C=C(F)/C(=C/F)C(=C/C(C)C(N)=O)/SCN)C(C)(C)O. The molecule has 7 heteroatoms. The van der Waals surface area contributed by atoms with E-state index >= 15 is 0 Å². The molecular formula is C15H22F2N2O2S. The van der Waals surface area contributed by atoms with Crippen LogP contribution in [-0.4, -0.2) is 22.5 Å². The summed E-state index contributed by atoms with van der Waals surface area (Å²) in [7, 11) is 0. The number of thioether (sulfide) groups is 1. The molecule has 0 aliphatic carbocycles. The summed E-state index contributed by atoms with van der Waals surface area (Å²) < 4.78 is 27.4. The molecule has 0 aromatic carbocycles. The van der Waals surface area contributed by atoms with E-state index in [4.69, 9.17) is 11.5 Å². The van der Waals surface area contributed by atoms with Gasteiger partial charge in [-0.3, -0.25) is 4.79 Å². The highest BCUT2D eigenvalue weighted by atomic mass is 32.2. The zero-order valence-corrected chi connectivity index (χ0v) is 13.7. The molecule has 1 amide bonds. The molecule has 0 saturated heterocycles. The molecule has 0 aromatic rings. The topological polar surface area (TPSA) is 89.3 Å². The largest absolute Gasteiger partial charge is 0.386 e. The second-order valence-electron chi connectivity index (χ2n) is 5.13. The van der Waals surface area contributed by atoms with E-state index in [-0.39, 0.29) is 28.3 Å². The fourth-order valence-electron chi connectivity index (χ4n) is 1.25. The lowest BCUT2D eigenvalue weighted by Crippen LogP contribution is -2.20. The van der Waals surface area contributed by atoms with Crippen LogP contribution >= 0.6 is 11.8 Å². The second kappa shape index (κ2) is 8.87. The van der Waals surface area contributed by atoms with E-state index in [9.17, 15) is 18.7 Å². The molecule has 0 fully saturated rings. The molecule has 1 unspecified atom stereocenters. The molecule has 0 aliphatic heterocycles. The maximum atomic E-state index is 14.2. The molecule has 0 aliphatic rings. The number of primary amides is 1. The Kier molecular flexibility index (Phi) is 8.29. The number of carbonyl (C=O) groups excluding carboxylic acids is 1. The third-order valence-electron chi connectivity index (χ3n) is 2.81. The van der Waals surface area contributed by atoms with Crippen LogP contribution in [0.3, 0.4) is 0 Å². The first kappa shape index (κ1) is 20.6. The number of aliphatic hydroxyl groups is 1. The normalized spacial score (nSPS) is 15.7. The van der Waals surface area contributed by atoms with Crippen molar-refractivity contribution in [3.8, 4) is 0 Å². The van der Waals surface area contributed by atoms with Crippen molar-refractivity contribution in [1.29, 1.82) is 0 Å². The maximum Gasteiger partial charge on any atom is 0.224 e. The molecule has 0 aromatic heterocycles. The van der Waals surface area contributed by atoms with Crippen molar-refractivity contribution in [1.82, 2.24) is 0 Å². The average Bonchev–Trinajstić information content (AvgIpc) is 2.38. The fraction of sp³-hybridized carbons (Fsp3) is 0.400. The molecule has 124 valence electrons. The number of halogens is 2. The second-order valence-corrected chi connectivity index (χ2v) is 6.19. The molecular weight excluding hydrogens is 310 g/mol. The third kappa shape index (κ3) is 6.55. The van der Waals surface area contributed by atoms with Gasteiger partial charge in [-0.1, -0.05) is 19.6 Å². The van der Waals surface area contributed by atoms with Crippen LogP contribution in [0.1, 0.15) is 20.8 Å². The Balaban J connectivity index is 5.65. The van der Waals surface area contributed by atoms with Crippen LogP contribution in [0.15, 0.2) is 46.9 Å². The van der Waals surface area contributed by atoms with Gasteiger partial charge in [-0.15, -0.1) is 11.8 Å². The molecule has 0 heterocycles. The number of hydrogen-bond acceptors (Lipinski definition) is 4.